The van der Waals surface area contributed by atoms with Crippen LogP contribution in [0, 0.1) is 92.7 Å². The molecule has 0 radical (unpaired) electrons. The van der Waals surface area contributed by atoms with Crippen LogP contribution in [0.5, 0.6) is 0 Å². The van der Waals surface area contributed by atoms with Crippen molar-refractivity contribution in [2.45, 2.75) is 236 Å². The number of rotatable bonds is 18. The molecule has 0 aromatic heterocycles. The van der Waals surface area contributed by atoms with Crippen molar-refractivity contribution in [3.05, 3.63) is 23.3 Å². The van der Waals surface area contributed by atoms with Crippen LogP contribution in [0.2, 0.25) is 0 Å². The van der Waals surface area contributed by atoms with Gasteiger partial charge in [-0.15, -0.1) is 0 Å². The van der Waals surface area contributed by atoms with Crippen molar-refractivity contribution in [3.63, 3.8) is 0 Å². The first-order valence-electron chi connectivity index (χ1n) is 28.4. The zero-order valence-electron chi connectivity index (χ0n) is 43.7. The molecule has 368 valence electrons. The van der Waals surface area contributed by atoms with Crippen LogP contribution >= 0.6 is 0 Å². The van der Waals surface area contributed by atoms with Crippen molar-refractivity contribution in [2.24, 2.45) is 92.7 Å². The molecule has 8 aliphatic carbocycles. The third-order valence-electron chi connectivity index (χ3n) is 21.9. The molecule has 4 nitrogen and oxygen atoms in total. The Bertz CT molecular complexity index is 1530. The van der Waals surface area contributed by atoms with Gasteiger partial charge in [-0.3, -0.25) is 0 Å². The summed E-state index contributed by atoms with van der Waals surface area (Å²) in [6.07, 6.45) is 38.2. The number of aliphatic hydroxyl groups excluding tert-OH is 2. The molecule has 0 aromatic carbocycles. The van der Waals surface area contributed by atoms with Gasteiger partial charge in [0.2, 0.25) is 0 Å². The summed E-state index contributed by atoms with van der Waals surface area (Å²) in [6, 6.07) is 0. The predicted octanol–water partition coefficient (Wildman–Crippen LogP) is 15.6. The van der Waals surface area contributed by atoms with E-state index in [9.17, 15) is 0 Å². The van der Waals surface area contributed by atoms with E-state index in [1.807, 2.05) is 0 Å². The Balaban J connectivity index is 0.000000192. The maximum atomic E-state index is 9.14. The number of allylic oxidation sites excluding steroid dienone is 2. The van der Waals surface area contributed by atoms with E-state index in [-0.39, 0.29) is 13.2 Å². The molecule has 4 heteroatoms. The van der Waals surface area contributed by atoms with Crippen LogP contribution < -0.4 is 0 Å². The van der Waals surface area contributed by atoms with Crippen molar-refractivity contribution < 1.29 is 19.7 Å². The van der Waals surface area contributed by atoms with Gasteiger partial charge in [0.15, 0.2) is 0 Å². The summed E-state index contributed by atoms with van der Waals surface area (Å²) in [7, 11) is 0. The number of hydrogen-bond acceptors (Lipinski definition) is 4. The van der Waals surface area contributed by atoms with E-state index in [2.05, 4.69) is 81.4 Å². The zero-order chi connectivity index (χ0) is 45.9. The van der Waals surface area contributed by atoms with Crippen molar-refractivity contribution in [2.75, 3.05) is 26.4 Å². The molecule has 8 rings (SSSR count). The first-order valence-corrected chi connectivity index (χ1v) is 28.4. The second kappa shape index (κ2) is 22.0. The predicted molar refractivity (Wildman–Crippen MR) is 269 cm³/mol. The van der Waals surface area contributed by atoms with E-state index >= 15 is 0 Å². The van der Waals surface area contributed by atoms with Crippen LogP contribution in [0.15, 0.2) is 23.3 Å². The van der Waals surface area contributed by atoms with E-state index in [4.69, 9.17) is 19.7 Å². The molecule has 6 fully saturated rings. The van der Waals surface area contributed by atoms with Crippen molar-refractivity contribution in [3.8, 4) is 0 Å². The molecule has 10 unspecified atom stereocenters. The average molecular weight is 889 g/mol. The molecule has 0 saturated heterocycles. The minimum atomic E-state index is 0.148. The maximum Gasteiger partial charge on any atom is 0.0701 e. The summed E-state index contributed by atoms with van der Waals surface area (Å²) in [5.41, 5.74) is 5.44. The highest BCUT2D eigenvalue weighted by Gasteiger charge is 2.61. The van der Waals surface area contributed by atoms with Gasteiger partial charge in [0.25, 0.3) is 0 Å². The van der Waals surface area contributed by atoms with Crippen molar-refractivity contribution in [1.29, 1.82) is 0 Å². The molecule has 0 spiro atoms. The Morgan fingerprint density at radius 1 is 0.500 bits per heavy atom. The molecule has 0 amide bonds. The lowest BCUT2D eigenvalue weighted by Gasteiger charge is -2.58. The summed E-state index contributed by atoms with van der Waals surface area (Å²) >= 11 is 0. The van der Waals surface area contributed by atoms with Gasteiger partial charge in [-0.25, -0.2) is 0 Å². The van der Waals surface area contributed by atoms with Gasteiger partial charge in [-0.05, 0) is 208 Å². The van der Waals surface area contributed by atoms with Gasteiger partial charge in [-0.2, -0.15) is 0 Å². The van der Waals surface area contributed by atoms with Gasteiger partial charge in [0, 0.05) is 13.2 Å². The minimum absolute atomic E-state index is 0.148. The molecule has 2 N–H and O–H groups in total. The summed E-state index contributed by atoms with van der Waals surface area (Å²) in [5.74, 6) is 10.9. The summed E-state index contributed by atoms with van der Waals surface area (Å²) in [5, 5.41) is 18.2. The molecular formula is C60H104O4. The van der Waals surface area contributed by atoms with E-state index in [0.29, 0.717) is 40.5 Å². The summed E-state index contributed by atoms with van der Waals surface area (Å²) < 4.78 is 12.2. The molecule has 0 heterocycles. The van der Waals surface area contributed by atoms with Crippen LogP contribution in [0.25, 0.3) is 0 Å². The summed E-state index contributed by atoms with van der Waals surface area (Å²) in [6.45, 7) is 27.1. The van der Waals surface area contributed by atoms with E-state index in [1.54, 1.807) is 11.1 Å². The van der Waals surface area contributed by atoms with Crippen LogP contribution in [-0.2, 0) is 9.47 Å². The minimum Gasteiger partial charge on any atom is -0.396 e. The average Bonchev–Trinajstić information content (AvgIpc) is 3.81. The van der Waals surface area contributed by atoms with Gasteiger partial charge >= 0.3 is 0 Å². The number of aliphatic hydroxyl groups is 2. The third kappa shape index (κ3) is 10.6. The molecule has 8 aliphatic rings. The molecule has 6 saturated carbocycles. The number of hydrogen-bond donors (Lipinski definition) is 2. The van der Waals surface area contributed by atoms with Gasteiger partial charge in [-0.1, -0.05) is 131 Å². The Labute approximate surface area is 396 Å². The lowest BCUT2D eigenvalue weighted by atomic mass is 9.47. The molecular weight excluding hydrogens is 785 g/mol. The normalized spacial score (nSPS) is 42.2. The Hall–Kier alpha value is -0.680. The maximum absolute atomic E-state index is 9.14. The fourth-order valence-electron chi connectivity index (χ4n) is 18.3. The molecule has 16 atom stereocenters. The van der Waals surface area contributed by atoms with Crippen LogP contribution in [-0.4, -0.2) is 48.8 Å². The van der Waals surface area contributed by atoms with E-state index in [0.717, 1.165) is 103 Å². The third-order valence-corrected chi connectivity index (χ3v) is 21.9. The highest BCUT2D eigenvalue weighted by atomic mass is 16.5. The zero-order valence-corrected chi connectivity index (χ0v) is 43.7. The lowest BCUT2D eigenvalue weighted by Crippen LogP contribution is -2.51. The first-order chi connectivity index (χ1) is 30.6. The first kappa shape index (κ1) is 51.2. The van der Waals surface area contributed by atoms with Gasteiger partial charge in [0.05, 0.1) is 25.4 Å². The number of unbranched alkanes of at least 4 members (excludes halogenated alkanes) is 1. The Morgan fingerprint density at radius 3 is 1.38 bits per heavy atom. The van der Waals surface area contributed by atoms with E-state index in [1.165, 1.54) is 128 Å². The Morgan fingerprint density at radius 2 is 0.953 bits per heavy atom. The molecule has 0 aromatic rings. The highest BCUT2D eigenvalue weighted by Crippen LogP contribution is 2.69. The quantitative estimate of drug-likeness (QED) is 0.106. The number of ether oxygens (including phenoxy) is 2. The lowest BCUT2D eigenvalue weighted by molar-refractivity contribution is -0.0658. The van der Waals surface area contributed by atoms with Gasteiger partial charge < -0.3 is 19.7 Å². The second-order valence-corrected chi connectivity index (χ2v) is 26.2. The largest absolute Gasteiger partial charge is 0.396 e. The van der Waals surface area contributed by atoms with Crippen LogP contribution in [0.4, 0.5) is 0 Å². The number of fused-ring (bicyclic) bond motifs is 10. The molecule has 64 heavy (non-hydrogen) atoms. The fraction of sp³-hybridized carbons (Fsp3) is 0.933. The second-order valence-electron chi connectivity index (χ2n) is 26.2. The monoisotopic (exact) mass is 889 g/mol. The standard InChI is InChI=1S/C31H54O2.C29H50O2/c1-22(2)9-8-10-23(3)27-13-14-28-26-12-11-24-21-25(33-20-7-6-19-32)15-17-30(24,4)29(26)16-18-31(27,28)5;1-20(2)7-6-8-21(3)25-11-12-26-24-10-9-22-19-23(31-18-17-30)13-15-28(22,4)27(24)14-16-29(25,26)5/h11,22-23,25-29,32H,6-10,12-21H2,1-5H3;9,20-21,23-27,30H,6-8,10-19H2,1-5H3/t23?,25?,26?,27-,28?,29?,30+,31-;21?,23?,24?,25-,26?,27?,28+,29-/m11/s1. The summed E-state index contributed by atoms with van der Waals surface area (Å²) in [4.78, 5) is 0. The SMILES string of the molecule is CC(C)CCCC(C)[C@H]1CCC2C3CC=C4CC(OCCCCO)CC[C@]4(C)C3CC[C@@]21C.CC(C)CCCC(C)[C@H]1CCC2C3CC=C4CC(OCCO)CC[C@]4(C)C3CC[C@@]21C. The van der Waals surface area contributed by atoms with Crippen LogP contribution in [0.3, 0.4) is 0 Å². The van der Waals surface area contributed by atoms with Gasteiger partial charge in [0.1, 0.15) is 0 Å². The highest BCUT2D eigenvalue weighted by molar-refractivity contribution is 5.27. The molecule has 0 bridgehead atoms. The van der Waals surface area contributed by atoms with Crippen LogP contribution in [0.1, 0.15) is 223 Å². The Kier molecular flexibility index (Phi) is 17.6. The topological polar surface area (TPSA) is 58.9 Å². The van der Waals surface area contributed by atoms with Crippen molar-refractivity contribution in [1.82, 2.24) is 0 Å². The fourth-order valence-corrected chi connectivity index (χ4v) is 18.3. The van der Waals surface area contributed by atoms with Crippen molar-refractivity contribution >= 4 is 0 Å². The molecule has 0 aliphatic heterocycles. The smallest absolute Gasteiger partial charge is 0.0701 e. The van der Waals surface area contributed by atoms with E-state index < -0.39 is 0 Å².